The van der Waals surface area contributed by atoms with Gasteiger partial charge in [0, 0.05) is 25.0 Å². The van der Waals surface area contributed by atoms with E-state index >= 15 is 0 Å². The number of rotatable bonds is 6. The molecule has 0 atom stereocenters. The first-order chi connectivity index (χ1) is 6.35. The first-order valence-corrected chi connectivity index (χ1v) is 5.74. The Hall–Kier alpha value is -0.0400. The number of halogens is 1. The minimum absolute atomic E-state index is 0.342. The monoisotopic (exact) mass is 248 g/mol. The Morgan fingerprint density at radius 1 is 1.23 bits per heavy atom. The predicted molar refractivity (Wildman–Crippen MR) is 57.8 cm³/mol. The molecule has 0 N–H and O–H groups in total. The highest BCUT2D eigenvalue weighted by atomic mass is 79.9. The van der Waals surface area contributed by atoms with Crippen LogP contribution >= 0.6 is 15.9 Å². The summed E-state index contributed by atoms with van der Waals surface area (Å²) in [6.07, 6.45) is 1.62. The average molecular weight is 249 g/mol. The highest BCUT2D eigenvalue weighted by molar-refractivity contribution is 9.09. The summed E-state index contributed by atoms with van der Waals surface area (Å²) in [6, 6.07) is 0. The molecule has 0 aromatic heterocycles. The van der Waals surface area contributed by atoms with Crippen molar-refractivity contribution in [2.24, 2.45) is 0 Å². The molecule has 0 aliphatic carbocycles. The molecule has 0 saturated heterocycles. The molecule has 0 fully saturated rings. The molecule has 76 valence electrons. The normalized spacial score (nSPS) is 9.85. The molecule has 0 aromatic rings. The molecule has 3 heteroatoms. The van der Waals surface area contributed by atoms with Gasteiger partial charge in [-0.1, -0.05) is 21.9 Å². The van der Waals surface area contributed by atoms with Crippen molar-refractivity contribution in [3.05, 3.63) is 0 Å². The van der Waals surface area contributed by atoms with E-state index in [1.165, 1.54) is 0 Å². The number of alkyl halides is 1. The highest BCUT2D eigenvalue weighted by Crippen LogP contribution is 1.95. The van der Waals surface area contributed by atoms with Crippen LogP contribution in [0.2, 0.25) is 0 Å². The quantitative estimate of drug-likeness (QED) is 0.312. The molecule has 0 aliphatic rings. The molecule has 0 amide bonds. The van der Waals surface area contributed by atoms with E-state index in [2.05, 4.69) is 27.8 Å². The third kappa shape index (κ3) is 8.29. The van der Waals surface area contributed by atoms with E-state index in [1.807, 2.05) is 13.8 Å². The van der Waals surface area contributed by atoms with Crippen molar-refractivity contribution in [1.82, 2.24) is 0 Å². The van der Waals surface area contributed by atoms with E-state index in [0.717, 1.165) is 18.2 Å². The van der Waals surface area contributed by atoms with Crippen molar-refractivity contribution in [2.75, 3.05) is 18.5 Å². The van der Waals surface area contributed by atoms with Crippen LogP contribution in [0.4, 0.5) is 0 Å². The van der Waals surface area contributed by atoms with Crippen molar-refractivity contribution in [3.8, 4) is 11.8 Å². The number of hydrogen-bond donors (Lipinski definition) is 0. The Morgan fingerprint density at radius 3 is 2.31 bits per heavy atom. The van der Waals surface area contributed by atoms with Crippen LogP contribution < -0.4 is 0 Å². The standard InChI is InChI=1S/C10H17BrO2/c1-3-12-10(13-4-2)8-6-5-7-9-11/h10H,3-5,7,9H2,1-2H3. The molecule has 0 aromatic carbocycles. The Balaban J connectivity index is 3.68. The van der Waals surface area contributed by atoms with Crippen LogP contribution in [0.1, 0.15) is 26.7 Å². The van der Waals surface area contributed by atoms with Crippen LogP contribution in [0, 0.1) is 11.8 Å². The smallest absolute Gasteiger partial charge is 0.222 e. The van der Waals surface area contributed by atoms with Gasteiger partial charge in [0.05, 0.1) is 0 Å². The van der Waals surface area contributed by atoms with Crippen molar-refractivity contribution in [3.63, 3.8) is 0 Å². The van der Waals surface area contributed by atoms with Gasteiger partial charge in [0.25, 0.3) is 0 Å². The first-order valence-electron chi connectivity index (χ1n) is 4.62. The van der Waals surface area contributed by atoms with Crippen LogP contribution in [-0.4, -0.2) is 24.8 Å². The predicted octanol–water partition coefficient (Wildman–Crippen LogP) is 2.56. The minimum atomic E-state index is -0.342. The fourth-order valence-corrected chi connectivity index (χ4v) is 1.03. The summed E-state index contributed by atoms with van der Waals surface area (Å²) in [7, 11) is 0. The number of unbranched alkanes of at least 4 members (excludes halogenated alkanes) is 1. The average Bonchev–Trinajstić information content (AvgIpc) is 2.13. The second-order valence-corrected chi connectivity index (χ2v) is 3.15. The summed E-state index contributed by atoms with van der Waals surface area (Å²) in [4.78, 5) is 0. The third-order valence-electron chi connectivity index (χ3n) is 1.29. The minimum Gasteiger partial charge on any atom is -0.342 e. The van der Waals surface area contributed by atoms with Crippen molar-refractivity contribution in [2.45, 2.75) is 33.0 Å². The van der Waals surface area contributed by atoms with E-state index in [-0.39, 0.29) is 6.29 Å². The van der Waals surface area contributed by atoms with Crippen LogP contribution in [0.25, 0.3) is 0 Å². The molecule has 0 saturated carbocycles. The van der Waals surface area contributed by atoms with Gasteiger partial charge in [-0.05, 0) is 26.2 Å². The van der Waals surface area contributed by atoms with Crippen molar-refractivity contribution in [1.29, 1.82) is 0 Å². The number of hydrogen-bond acceptors (Lipinski definition) is 2. The summed E-state index contributed by atoms with van der Waals surface area (Å²) in [5, 5.41) is 0.996. The summed E-state index contributed by atoms with van der Waals surface area (Å²) in [5.74, 6) is 5.97. The molecular weight excluding hydrogens is 232 g/mol. The maximum Gasteiger partial charge on any atom is 0.222 e. The lowest BCUT2D eigenvalue weighted by atomic mass is 10.3. The van der Waals surface area contributed by atoms with Crippen molar-refractivity contribution < 1.29 is 9.47 Å². The van der Waals surface area contributed by atoms with Gasteiger partial charge >= 0.3 is 0 Å². The lowest BCUT2D eigenvalue weighted by Crippen LogP contribution is -2.14. The van der Waals surface area contributed by atoms with Gasteiger partial charge in [0.15, 0.2) is 0 Å². The molecule has 0 unspecified atom stereocenters. The fraction of sp³-hybridized carbons (Fsp3) is 0.800. The van der Waals surface area contributed by atoms with Gasteiger partial charge < -0.3 is 9.47 Å². The zero-order chi connectivity index (χ0) is 9.94. The summed E-state index contributed by atoms with van der Waals surface area (Å²) in [5.41, 5.74) is 0. The van der Waals surface area contributed by atoms with Gasteiger partial charge in [-0.3, -0.25) is 0 Å². The molecule has 0 bridgehead atoms. The zero-order valence-corrected chi connectivity index (χ0v) is 9.89. The molecule has 13 heavy (non-hydrogen) atoms. The maximum absolute atomic E-state index is 5.26. The number of ether oxygens (including phenoxy) is 2. The molecule has 2 nitrogen and oxygen atoms in total. The Kier molecular flexibility index (Phi) is 10.0. The third-order valence-corrected chi connectivity index (χ3v) is 1.85. The lowest BCUT2D eigenvalue weighted by Gasteiger charge is -2.09. The summed E-state index contributed by atoms with van der Waals surface area (Å²) >= 11 is 3.35. The van der Waals surface area contributed by atoms with Crippen molar-refractivity contribution >= 4 is 15.9 Å². The molecule has 0 spiro atoms. The van der Waals surface area contributed by atoms with Crippen LogP contribution in [-0.2, 0) is 9.47 Å². The van der Waals surface area contributed by atoms with E-state index in [1.54, 1.807) is 0 Å². The molecule has 0 heterocycles. The Labute approximate surface area is 89.1 Å². The highest BCUT2D eigenvalue weighted by Gasteiger charge is 2.00. The molecule has 0 rings (SSSR count). The second kappa shape index (κ2) is 10.0. The second-order valence-electron chi connectivity index (χ2n) is 2.36. The SMILES string of the molecule is CCOC(C#CCCCBr)OCC. The van der Waals surface area contributed by atoms with Crippen LogP contribution in [0.3, 0.4) is 0 Å². The molecule has 0 aliphatic heterocycles. The van der Waals surface area contributed by atoms with Gasteiger partial charge in [-0.25, -0.2) is 0 Å². The maximum atomic E-state index is 5.26. The topological polar surface area (TPSA) is 18.5 Å². The Morgan fingerprint density at radius 2 is 1.85 bits per heavy atom. The summed E-state index contributed by atoms with van der Waals surface area (Å²) in [6.45, 7) is 5.15. The van der Waals surface area contributed by atoms with E-state index in [4.69, 9.17) is 9.47 Å². The summed E-state index contributed by atoms with van der Waals surface area (Å²) < 4.78 is 10.5. The van der Waals surface area contributed by atoms with Gasteiger partial charge in [-0.2, -0.15) is 0 Å². The largest absolute Gasteiger partial charge is 0.342 e. The fourth-order valence-electron chi connectivity index (χ4n) is 0.745. The van der Waals surface area contributed by atoms with E-state index < -0.39 is 0 Å². The van der Waals surface area contributed by atoms with E-state index in [0.29, 0.717) is 13.2 Å². The molecule has 0 radical (unpaired) electrons. The van der Waals surface area contributed by atoms with Gasteiger partial charge in [0.2, 0.25) is 6.29 Å². The van der Waals surface area contributed by atoms with E-state index in [9.17, 15) is 0 Å². The lowest BCUT2D eigenvalue weighted by molar-refractivity contribution is -0.0970. The molecular formula is C10H17BrO2. The first kappa shape index (κ1) is 13.0. The Bertz CT molecular complexity index is 154. The zero-order valence-electron chi connectivity index (χ0n) is 8.31. The van der Waals surface area contributed by atoms with Crippen LogP contribution in [0.15, 0.2) is 0 Å². The van der Waals surface area contributed by atoms with Gasteiger partial charge in [0.1, 0.15) is 0 Å². The van der Waals surface area contributed by atoms with Gasteiger partial charge in [-0.15, -0.1) is 0 Å². The van der Waals surface area contributed by atoms with Crippen LogP contribution in [0.5, 0.6) is 0 Å².